The molecule has 0 spiro atoms. The van der Waals surface area contributed by atoms with Crippen molar-refractivity contribution < 1.29 is 0 Å². The fourth-order valence-corrected chi connectivity index (χ4v) is 2.10. The zero-order valence-electron chi connectivity index (χ0n) is 9.82. The molecule has 4 nitrogen and oxygen atoms in total. The monoisotopic (exact) mass is 208 g/mol. The van der Waals surface area contributed by atoms with Crippen molar-refractivity contribution in [3.05, 3.63) is 11.9 Å². The van der Waals surface area contributed by atoms with Crippen LogP contribution in [0.4, 0.5) is 5.95 Å². The minimum atomic E-state index is 0.556. The number of nitrogens with one attached hydrogen (secondary N) is 1. The number of nitrogens with zero attached hydrogens (tertiary/aromatic N) is 3. The average Bonchev–Trinajstić information content (AvgIpc) is 2.60. The van der Waals surface area contributed by atoms with Crippen LogP contribution in [0.25, 0.3) is 0 Å². The van der Waals surface area contributed by atoms with Crippen molar-refractivity contribution in [3.63, 3.8) is 0 Å². The van der Waals surface area contributed by atoms with E-state index in [4.69, 9.17) is 0 Å². The molecule has 0 saturated carbocycles. The summed E-state index contributed by atoms with van der Waals surface area (Å²) < 4.78 is 2.14. The van der Waals surface area contributed by atoms with Crippen molar-refractivity contribution >= 4 is 5.95 Å². The fourth-order valence-electron chi connectivity index (χ4n) is 2.10. The number of anilines is 1. The maximum absolute atomic E-state index is 4.65. The Balaban J connectivity index is 2.16. The molecular weight excluding hydrogens is 188 g/mol. The first-order chi connectivity index (χ1) is 7.20. The first kappa shape index (κ1) is 10.5. The molecule has 15 heavy (non-hydrogen) atoms. The third-order valence-corrected chi connectivity index (χ3v) is 2.92. The number of hydrogen-bond acceptors (Lipinski definition) is 3. The van der Waals surface area contributed by atoms with Gasteiger partial charge in [-0.1, -0.05) is 6.92 Å². The molecule has 1 aliphatic rings. The maximum Gasteiger partial charge on any atom is 0.205 e. The summed E-state index contributed by atoms with van der Waals surface area (Å²) in [5.74, 6) is 1.11. The Morgan fingerprint density at radius 2 is 2.40 bits per heavy atom. The van der Waals surface area contributed by atoms with Crippen molar-refractivity contribution in [3.8, 4) is 0 Å². The van der Waals surface area contributed by atoms with Crippen molar-refractivity contribution in [2.45, 2.75) is 26.3 Å². The van der Waals surface area contributed by atoms with E-state index in [9.17, 15) is 0 Å². The van der Waals surface area contributed by atoms with Crippen LogP contribution in [0, 0.1) is 0 Å². The second-order valence-electron chi connectivity index (χ2n) is 4.30. The Hall–Kier alpha value is -1.03. The molecule has 1 aliphatic heterocycles. The Morgan fingerprint density at radius 3 is 3.00 bits per heavy atom. The Kier molecular flexibility index (Phi) is 2.95. The minimum absolute atomic E-state index is 0.556. The molecule has 1 atom stereocenters. The number of hydrogen-bond donors (Lipinski definition) is 1. The number of imidazole rings is 1. The molecule has 4 heteroatoms. The second-order valence-corrected chi connectivity index (χ2v) is 4.30. The highest BCUT2D eigenvalue weighted by Gasteiger charge is 2.19. The SMILES string of the molecule is CCc1cn(C)c(N2CCN[C@@H](C)C2)n1. The standard InChI is InChI=1S/C11H20N4/c1-4-10-8-14(3)11(13-10)15-6-5-12-9(2)7-15/h8-9,12H,4-7H2,1-3H3/t9-/m0/s1. The van der Waals surface area contributed by atoms with Gasteiger partial charge in [0.05, 0.1) is 5.69 Å². The van der Waals surface area contributed by atoms with Gasteiger partial charge in [0.1, 0.15) is 0 Å². The molecule has 1 N–H and O–H groups in total. The number of aromatic nitrogens is 2. The topological polar surface area (TPSA) is 33.1 Å². The summed E-state index contributed by atoms with van der Waals surface area (Å²) in [4.78, 5) is 7.01. The first-order valence-corrected chi connectivity index (χ1v) is 5.71. The van der Waals surface area contributed by atoms with Gasteiger partial charge in [-0.2, -0.15) is 0 Å². The normalized spacial score (nSPS) is 22.1. The third-order valence-electron chi connectivity index (χ3n) is 2.92. The van der Waals surface area contributed by atoms with Gasteiger partial charge in [-0.05, 0) is 13.3 Å². The fraction of sp³-hybridized carbons (Fsp3) is 0.727. The molecule has 84 valence electrons. The van der Waals surface area contributed by atoms with Gasteiger partial charge < -0.3 is 14.8 Å². The summed E-state index contributed by atoms with van der Waals surface area (Å²) in [5, 5.41) is 3.44. The van der Waals surface area contributed by atoms with Crippen LogP contribution in [0.2, 0.25) is 0 Å². The number of piperazine rings is 1. The quantitative estimate of drug-likeness (QED) is 0.779. The molecule has 0 bridgehead atoms. The molecule has 2 rings (SSSR count). The molecule has 0 radical (unpaired) electrons. The van der Waals surface area contributed by atoms with E-state index in [1.54, 1.807) is 0 Å². The molecule has 2 heterocycles. The molecule has 0 aromatic carbocycles. The van der Waals surface area contributed by atoms with Crippen LogP contribution >= 0.6 is 0 Å². The maximum atomic E-state index is 4.65. The highest BCUT2D eigenvalue weighted by Crippen LogP contribution is 2.15. The van der Waals surface area contributed by atoms with Gasteiger partial charge in [0.2, 0.25) is 5.95 Å². The van der Waals surface area contributed by atoms with Gasteiger partial charge in [-0.3, -0.25) is 0 Å². The second kappa shape index (κ2) is 4.23. The van der Waals surface area contributed by atoms with E-state index in [1.165, 1.54) is 5.69 Å². The number of aryl methyl sites for hydroxylation is 2. The zero-order chi connectivity index (χ0) is 10.8. The Bertz CT molecular complexity index is 331. The van der Waals surface area contributed by atoms with Crippen LogP contribution in [0.3, 0.4) is 0 Å². The van der Waals surface area contributed by atoms with Crippen molar-refractivity contribution in [2.75, 3.05) is 24.5 Å². The van der Waals surface area contributed by atoms with E-state index < -0.39 is 0 Å². The van der Waals surface area contributed by atoms with Gasteiger partial charge in [-0.25, -0.2) is 4.98 Å². The zero-order valence-corrected chi connectivity index (χ0v) is 9.82. The van der Waals surface area contributed by atoms with E-state index in [0.29, 0.717) is 6.04 Å². The van der Waals surface area contributed by atoms with Gasteiger partial charge >= 0.3 is 0 Å². The third kappa shape index (κ3) is 2.15. The molecule has 1 aromatic rings. The lowest BCUT2D eigenvalue weighted by atomic mass is 10.2. The van der Waals surface area contributed by atoms with E-state index in [1.807, 2.05) is 0 Å². The van der Waals surface area contributed by atoms with Gasteiger partial charge in [-0.15, -0.1) is 0 Å². The summed E-state index contributed by atoms with van der Waals surface area (Å²) in [5.41, 5.74) is 1.18. The Morgan fingerprint density at radius 1 is 1.60 bits per heavy atom. The van der Waals surface area contributed by atoms with E-state index in [-0.39, 0.29) is 0 Å². The number of rotatable bonds is 2. The molecular formula is C11H20N4. The summed E-state index contributed by atoms with van der Waals surface area (Å²) in [6, 6.07) is 0.556. The summed E-state index contributed by atoms with van der Waals surface area (Å²) in [6.45, 7) is 7.52. The van der Waals surface area contributed by atoms with Crippen LogP contribution in [0.5, 0.6) is 0 Å². The Labute approximate surface area is 91.3 Å². The van der Waals surface area contributed by atoms with Gasteiger partial charge in [0.25, 0.3) is 0 Å². The lowest BCUT2D eigenvalue weighted by Gasteiger charge is -2.32. The van der Waals surface area contributed by atoms with Crippen molar-refractivity contribution in [1.82, 2.24) is 14.9 Å². The summed E-state index contributed by atoms with van der Waals surface area (Å²) in [6.07, 6.45) is 3.14. The molecule has 1 aromatic heterocycles. The van der Waals surface area contributed by atoms with Crippen LogP contribution in [0.1, 0.15) is 19.5 Å². The van der Waals surface area contributed by atoms with E-state index in [0.717, 1.165) is 32.0 Å². The van der Waals surface area contributed by atoms with Crippen LogP contribution in [-0.2, 0) is 13.5 Å². The molecule has 1 saturated heterocycles. The predicted octanol–water partition coefficient (Wildman–Crippen LogP) is 0.781. The predicted molar refractivity (Wildman–Crippen MR) is 62.3 cm³/mol. The molecule has 0 aliphatic carbocycles. The van der Waals surface area contributed by atoms with E-state index >= 15 is 0 Å². The van der Waals surface area contributed by atoms with Crippen LogP contribution in [0.15, 0.2) is 6.20 Å². The highest BCUT2D eigenvalue weighted by atomic mass is 15.3. The summed E-state index contributed by atoms with van der Waals surface area (Å²) in [7, 11) is 2.08. The van der Waals surface area contributed by atoms with Crippen molar-refractivity contribution in [2.24, 2.45) is 7.05 Å². The van der Waals surface area contributed by atoms with Crippen LogP contribution < -0.4 is 10.2 Å². The van der Waals surface area contributed by atoms with Crippen LogP contribution in [-0.4, -0.2) is 35.2 Å². The van der Waals surface area contributed by atoms with Gasteiger partial charge in [0.15, 0.2) is 0 Å². The molecule has 0 unspecified atom stereocenters. The first-order valence-electron chi connectivity index (χ1n) is 5.71. The average molecular weight is 208 g/mol. The lowest BCUT2D eigenvalue weighted by molar-refractivity contribution is 0.476. The largest absolute Gasteiger partial charge is 0.339 e. The smallest absolute Gasteiger partial charge is 0.205 e. The lowest BCUT2D eigenvalue weighted by Crippen LogP contribution is -2.50. The van der Waals surface area contributed by atoms with E-state index in [2.05, 4.69) is 46.9 Å². The highest BCUT2D eigenvalue weighted by molar-refractivity contribution is 5.34. The van der Waals surface area contributed by atoms with Gasteiger partial charge in [0, 0.05) is 38.9 Å². The van der Waals surface area contributed by atoms with Crippen molar-refractivity contribution in [1.29, 1.82) is 0 Å². The summed E-state index contributed by atoms with van der Waals surface area (Å²) >= 11 is 0. The minimum Gasteiger partial charge on any atom is -0.339 e. The molecule has 0 amide bonds. The molecule has 1 fully saturated rings.